The van der Waals surface area contributed by atoms with Crippen molar-refractivity contribution < 1.29 is 86.5 Å². The topological polar surface area (TPSA) is 285 Å². The SMILES string of the molecule is C.COCCCOc1cc(C2COCC3(CCC3)N2N=O)c(Br)cc1COC.COCc1cc(Br)c(C2COCC3(CCC3)C2)cc1O.COCc1cc(Br)c(C2COCC3(CCC3)N2N=O)cc1O.COCc1cc(Br)c(C2COCC3(CCC3)N2O)cc1OCc1ccccc1.COCc1cc(Br)c(I)cc1OCc1ccccc1.[O-][N+]1=CCOCC12CCC2. The summed E-state index contributed by atoms with van der Waals surface area (Å²) in [5, 5.41) is 54.0. The number of phenolic OH excluding ortho intramolecular Hbond substituents is 2. The summed E-state index contributed by atoms with van der Waals surface area (Å²) in [6.07, 6.45) is 19.6. The van der Waals surface area contributed by atoms with Gasteiger partial charge in [-0.1, -0.05) is 138 Å². The van der Waals surface area contributed by atoms with Crippen molar-refractivity contribution in [1.29, 1.82) is 0 Å². The summed E-state index contributed by atoms with van der Waals surface area (Å²) in [7, 11) is 9.91. The van der Waals surface area contributed by atoms with Gasteiger partial charge < -0.3 is 86.9 Å². The lowest BCUT2D eigenvalue weighted by Crippen LogP contribution is -2.60. The van der Waals surface area contributed by atoms with Gasteiger partial charge in [0.05, 0.1) is 126 Å². The molecule has 5 spiro atoms. The van der Waals surface area contributed by atoms with Gasteiger partial charge in [0.25, 0.3) is 0 Å². The predicted molar refractivity (Wildman–Crippen MR) is 511 cm³/mol. The maximum atomic E-state index is 11.7. The van der Waals surface area contributed by atoms with E-state index < -0.39 is 0 Å². The monoisotopic (exact) mass is 2190 g/mol. The van der Waals surface area contributed by atoms with Gasteiger partial charge in [0.2, 0.25) is 0 Å². The Morgan fingerprint density at radius 1 is 0.449 bits per heavy atom. The second-order valence-corrected chi connectivity index (χ2v) is 39.6. The van der Waals surface area contributed by atoms with Gasteiger partial charge in [0, 0.05) is 128 Å². The lowest BCUT2D eigenvalue weighted by atomic mass is 9.63. The molecule has 26 nitrogen and oxygen atoms in total. The lowest BCUT2D eigenvalue weighted by Gasteiger charge is -2.52. The van der Waals surface area contributed by atoms with Gasteiger partial charge in [0.1, 0.15) is 67.3 Å². The molecule has 4 unspecified atom stereocenters. The number of phenols is 2. The van der Waals surface area contributed by atoms with E-state index in [1.165, 1.54) is 37.2 Å². The molecule has 7 aromatic rings. The Labute approximate surface area is 802 Å². The average Bonchev–Trinajstić information content (AvgIpc) is 0.762. The molecule has 694 valence electrons. The third-order valence-electron chi connectivity index (χ3n) is 25.7. The molecule has 5 saturated carbocycles. The molecule has 0 amide bonds. The summed E-state index contributed by atoms with van der Waals surface area (Å²) in [5.41, 5.74) is 10.1. The number of hydroxylamine groups is 3. The normalized spacial score (nSPS) is 21.0. The highest BCUT2D eigenvalue weighted by Crippen LogP contribution is 2.54. The van der Waals surface area contributed by atoms with Gasteiger partial charge in [-0.15, -0.1) is 9.81 Å². The summed E-state index contributed by atoms with van der Waals surface area (Å²) < 4.78 is 84.7. The van der Waals surface area contributed by atoms with E-state index in [2.05, 4.69) is 125 Å². The Kier molecular flexibility index (Phi) is 39.2. The minimum absolute atomic E-state index is 0. The van der Waals surface area contributed by atoms with Gasteiger partial charge >= 0.3 is 0 Å². The van der Waals surface area contributed by atoms with Crippen LogP contribution in [0.4, 0.5) is 0 Å². The molecule has 9 fully saturated rings. The van der Waals surface area contributed by atoms with E-state index in [0.717, 1.165) is 194 Å². The fourth-order valence-corrected chi connectivity index (χ4v) is 21.4. The second kappa shape index (κ2) is 48.9. The molecular formula is C95H122Br5IN6O20. The minimum atomic E-state index is -0.289. The van der Waals surface area contributed by atoms with Crippen LogP contribution >= 0.6 is 102 Å². The first-order chi connectivity index (χ1) is 61.1. The van der Waals surface area contributed by atoms with Gasteiger partial charge in [-0.05, 0) is 221 Å². The lowest BCUT2D eigenvalue weighted by molar-refractivity contribution is -0.576. The van der Waals surface area contributed by atoms with Crippen molar-refractivity contribution in [3.05, 3.63) is 223 Å². The van der Waals surface area contributed by atoms with Crippen molar-refractivity contribution in [3.8, 4) is 28.7 Å². The van der Waals surface area contributed by atoms with E-state index in [-0.39, 0.29) is 53.5 Å². The molecule has 5 aliphatic carbocycles. The van der Waals surface area contributed by atoms with Crippen LogP contribution in [0.1, 0.15) is 202 Å². The van der Waals surface area contributed by atoms with Crippen molar-refractivity contribution in [2.75, 3.05) is 122 Å². The van der Waals surface area contributed by atoms with Crippen molar-refractivity contribution >= 4 is 108 Å². The number of aromatic hydroxyl groups is 2. The molecule has 0 radical (unpaired) electrons. The van der Waals surface area contributed by atoms with Gasteiger partial charge in [-0.25, -0.2) is 14.8 Å². The van der Waals surface area contributed by atoms with E-state index in [1.54, 1.807) is 65.0 Å². The summed E-state index contributed by atoms with van der Waals surface area (Å²) in [4.78, 5) is 23.1. The van der Waals surface area contributed by atoms with Crippen LogP contribution in [0.5, 0.6) is 28.7 Å². The summed E-state index contributed by atoms with van der Waals surface area (Å²) >= 11 is 20.3. The Balaban J connectivity index is 0.000000150. The molecule has 4 saturated heterocycles. The maximum absolute atomic E-state index is 11.7. The standard InChI is InChI=1S/C22H26BrNO4.C19H27BrN2O5.C16H21BrO3.C15H14BrIO2.C15H19BrN2O4.C7H11NO2.CH4/c1-26-13-17-10-19(23)18(11-21(17)28-12-16-6-3-2-4-7-16)20-14-27-15-22(24(20)25)8-5-9-22;1-24-7-4-8-27-18-10-15(16(20)9-14(18)11-25-2)17-12-26-13-19(5-3-6-19)22(17)21-23;1-19-8-11-5-14(17)13(6-15(11)18)12-7-16(3-2-4-16)10-20-9-12;1-18-10-12-7-13(16)14(17)8-15(12)19-9-11-5-3-2-4-6-11;1-21-7-10-5-12(16)11(6-14(10)19)13-8-22-9-15(3-2-4-15)18(13)17-20;9-8-4-5-10-6-7(8)2-1-3-7;/h2-4,6-7,10-11,20,25H,5,8-9,12-15H2,1H3;9-10,17H,3-8,11-13H2,1-2H3;5-6,12,18H,2-4,7-10H2,1H3;2-8H,9-10H2,1H3;5-6,13,19H,2-4,7-9H2,1H3;4H,1-3,5-6H2;1H4. The van der Waals surface area contributed by atoms with Crippen LogP contribution in [0, 0.1) is 24.0 Å². The number of benzene rings is 7. The van der Waals surface area contributed by atoms with Crippen LogP contribution < -0.4 is 14.2 Å². The smallest absolute Gasteiger partial charge is 0.195 e. The predicted octanol–water partition coefficient (Wildman–Crippen LogP) is 22.0. The molecule has 0 bridgehead atoms. The Morgan fingerprint density at radius 2 is 0.850 bits per heavy atom. The largest absolute Gasteiger partial charge is 0.624 e. The number of ether oxygens (including phenoxy) is 14. The van der Waals surface area contributed by atoms with Crippen LogP contribution in [-0.4, -0.2) is 186 Å². The summed E-state index contributed by atoms with van der Waals surface area (Å²) in [6, 6.07) is 38.9. The van der Waals surface area contributed by atoms with Crippen molar-refractivity contribution in [3.63, 3.8) is 0 Å². The molecular weight excluding hydrogens is 2070 g/mol. The zero-order chi connectivity index (χ0) is 89.4. The summed E-state index contributed by atoms with van der Waals surface area (Å²) in [6.45, 7) is 10.2. The molecule has 32 heteroatoms. The number of hydrogen-bond acceptors (Lipinski definition) is 23. The van der Waals surface area contributed by atoms with E-state index in [1.807, 2.05) is 103 Å². The maximum Gasteiger partial charge on any atom is 0.195 e. The van der Waals surface area contributed by atoms with E-state index in [9.17, 15) is 30.4 Å². The fourth-order valence-electron chi connectivity index (χ4n) is 17.9. The van der Waals surface area contributed by atoms with Crippen LogP contribution in [0.2, 0.25) is 0 Å². The van der Waals surface area contributed by atoms with Crippen molar-refractivity contribution in [2.45, 2.75) is 209 Å². The Bertz CT molecular complexity index is 4720. The molecule has 17 rings (SSSR count). The molecule has 3 N–H and O–H groups in total. The van der Waals surface area contributed by atoms with Gasteiger partial charge in [0.15, 0.2) is 11.8 Å². The molecule has 7 aromatic carbocycles. The van der Waals surface area contributed by atoms with E-state index in [0.29, 0.717) is 135 Å². The molecule has 4 atom stereocenters. The van der Waals surface area contributed by atoms with Crippen LogP contribution in [-0.2, 0) is 98.4 Å². The van der Waals surface area contributed by atoms with Gasteiger partial charge in [-0.2, -0.15) is 5.06 Å². The number of nitroso groups, excluding NO2 is 2. The van der Waals surface area contributed by atoms with Crippen LogP contribution in [0.15, 0.2) is 154 Å². The molecule has 0 aromatic heterocycles. The molecule has 10 aliphatic rings. The van der Waals surface area contributed by atoms with Gasteiger partial charge in [-0.3, -0.25) is 0 Å². The highest BCUT2D eigenvalue weighted by Gasteiger charge is 2.53. The van der Waals surface area contributed by atoms with Crippen LogP contribution in [0.25, 0.3) is 0 Å². The van der Waals surface area contributed by atoms with E-state index in [4.69, 9.17) is 66.3 Å². The Morgan fingerprint density at radius 3 is 1.28 bits per heavy atom. The molecule has 5 aliphatic heterocycles. The minimum Gasteiger partial charge on any atom is -0.624 e. The molecule has 127 heavy (non-hydrogen) atoms. The molecule has 5 heterocycles. The van der Waals surface area contributed by atoms with Crippen LogP contribution in [0.3, 0.4) is 0 Å². The highest BCUT2D eigenvalue weighted by atomic mass is 127. The highest BCUT2D eigenvalue weighted by molar-refractivity contribution is 14.1. The summed E-state index contributed by atoms with van der Waals surface area (Å²) in [5.74, 6) is 3.24. The first-order valence-electron chi connectivity index (χ1n) is 43.0. The zero-order valence-electron chi connectivity index (χ0n) is 72.6. The van der Waals surface area contributed by atoms with Crippen molar-refractivity contribution in [1.82, 2.24) is 15.1 Å². The average molecular weight is 2190 g/mol. The first kappa shape index (κ1) is 102. The number of nitrogens with zero attached hydrogens (tertiary/aromatic N) is 6. The third-order valence-corrected chi connectivity index (χ3v) is 30.7. The third kappa shape index (κ3) is 25.3. The quantitative estimate of drug-likeness (QED) is 0.0142. The Hall–Kier alpha value is -5.58. The van der Waals surface area contributed by atoms with Crippen molar-refractivity contribution in [2.24, 2.45) is 16.0 Å². The fraction of sp³-hybridized carbons (Fsp3) is 0.547. The zero-order valence-corrected chi connectivity index (χ0v) is 82.7. The number of methoxy groups -OCH3 is 6. The second-order valence-electron chi connectivity index (χ2n) is 34.1. The number of rotatable bonds is 27. The number of halogens is 6. The number of morpholine rings is 3. The first-order valence-corrected chi connectivity index (χ1v) is 48.1. The number of hydrogen-bond donors (Lipinski definition) is 3. The van der Waals surface area contributed by atoms with E-state index >= 15 is 0 Å².